The molecule has 0 N–H and O–H groups in total. The molecule has 0 saturated carbocycles. The predicted molar refractivity (Wildman–Crippen MR) is 79.0 cm³/mol. The second-order valence-electron chi connectivity index (χ2n) is 5.47. The Labute approximate surface area is 124 Å². The van der Waals surface area contributed by atoms with Gasteiger partial charge < -0.3 is 9.64 Å². The van der Waals surface area contributed by atoms with Gasteiger partial charge in [0.15, 0.2) is 12.4 Å². The van der Waals surface area contributed by atoms with E-state index >= 15 is 0 Å². The zero-order chi connectivity index (χ0) is 16.2. The summed E-state index contributed by atoms with van der Waals surface area (Å²) in [6, 6.07) is 3.80. The molecule has 1 aromatic rings. The highest BCUT2D eigenvalue weighted by atomic mass is 19.1. The Kier molecular flexibility index (Phi) is 5.88. The number of Topliss-reactive ketones (excluding diaryl/α,β-unsaturated/α-hetero) is 1. The topological polar surface area (TPSA) is 46.6 Å². The van der Waals surface area contributed by atoms with Crippen LogP contribution in [0.3, 0.4) is 0 Å². The van der Waals surface area contributed by atoms with Crippen molar-refractivity contribution in [1.82, 2.24) is 4.90 Å². The normalized spacial score (nSPS) is 10.9. The van der Waals surface area contributed by atoms with Crippen molar-refractivity contribution in [3.8, 4) is 5.75 Å². The lowest BCUT2D eigenvalue weighted by Gasteiger charge is -2.30. The Morgan fingerprint density at radius 2 is 1.76 bits per heavy atom. The van der Waals surface area contributed by atoms with Crippen molar-refractivity contribution in [2.45, 2.75) is 46.7 Å². The van der Waals surface area contributed by atoms with E-state index in [9.17, 15) is 14.0 Å². The summed E-state index contributed by atoms with van der Waals surface area (Å²) in [5.74, 6) is -0.755. The van der Waals surface area contributed by atoms with Gasteiger partial charge in [0.1, 0.15) is 11.6 Å². The molecule has 0 aliphatic rings. The molecular formula is C16H22FNO3. The van der Waals surface area contributed by atoms with Crippen LogP contribution in [0.5, 0.6) is 5.75 Å². The molecule has 5 heteroatoms. The van der Waals surface area contributed by atoms with E-state index in [4.69, 9.17) is 4.74 Å². The molecule has 116 valence electrons. The zero-order valence-electron chi connectivity index (χ0n) is 13.1. The van der Waals surface area contributed by atoms with Gasteiger partial charge in [-0.1, -0.05) is 0 Å². The standard InChI is InChI=1S/C16H22FNO3/c1-10(2)18(11(3)4)16(20)9-21-15-7-6-13(17)8-14(15)12(5)19/h6-8,10-11H,9H2,1-5H3. The molecule has 0 aliphatic carbocycles. The molecule has 0 atom stereocenters. The Morgan fingerprint density at radius 1 is 1.19 bits per heavy atom. The molecule has 0 heterocycles. The van der Waals surface area contributed by atoms with E-state index in [-0.39, 0.29) is 41.7 Å². The van der Waals surface area contributed by atoms with Crippen LogP contribution in [0.15, 0.2) is 18.2 Å². The second kappa shape index (κ2) is 7.20. The first-order chi connectivity index (χ1) is 9.73. The molecule has 1 rings (SSSR count). The van der Waals surface area contributed by atoms with E-state index in [1.807, 2.05) is 27.7 Å². The summed E-state index contributed by atoms with van der Waals surface area (Å²) in [6.07, 6.45) is 0. The Bertz CT molecular complexity index is 518. The van der Waals surface area contributed by atoms with E-state index < -0.39 is 5.82 Å². The van der Waals surface area contributed by atoms with Crippen LogP contribution < -0.4 is 4.74 Å². The molecule has 0 unspecified atom stereocenters. The third kappa shape index (κ3) is 4.55. The molecule has 1 amide bonds. The maximum absolute atomic E-state index is 13.2. The van der Waals surface area contributed by atoms with Gasteiger partial charge in [-0.25, -0.2) is 4.39 Å². The molecule has 0 spiro atoms. The molecule has 4 nitrogen and oxygen atoms in total. The van der Waals surface area contributed by atoms with Crippen molar-refractivity contribution in [3.05, 3.63) is 29.6 Å². The fourth-order valence-corrected chi connectivity index (χ4v) is 2.29. The number of hydrogen-bond acceptors (Lipinski definition) is 3. The van der Waals surface area contributed by atoms with E-state index in [1.54, 1.807) is 4.90 Å². The lowest BCUT2D eigenvalue weighted by atomic mass is 10.1. The highest BCUT2D eigenvalue weighted by Crippen LogP contribution is 2.20. The highest BCUT2D eigenvalue weighted by molar-refractivity contribution is 5.96. The number of carbonyl (C=O) groups excluding carboxylic acids is 2. The van der Waals surface area contributed by atoms with Crippen LogP contribution in [0, 0.1) is 5.82 Å². The van der Waals surface area contributed by atoms with Crippen molar-refractivity contribution in [3.63, 3.8) is 0 Å². The first-order valence-electron chi connectivity index (χ1n) is 6.98. The van der Waals surface area contributed by atoms with Gasteiger partial charge in [-0.2, -0.15) is 0 Å². The minimum absolute atomic E-state index is 0.0570. The van der Waals surface area contributed by atoms with Crippen molar-refractivity contribution in [1.29, 1.82) is 0 Å². The van der Waals surface area contributed by atoms with Gasteiger partial charge in [-0.3, -0.25) is 9.59 Å². The van der Waals surface area contributed by atoms with Crippen LogP contribution in [-0.4, -0.2) is 35.3 Å². The lowest BCUT2D eigenvalue weighted by Crippen LogP contribution is -2.44. The quantitative estimate of drug-likeness (QED) is 0.758. The van der Waals surface area contributed by atoms with Gasteiger partial charge >= 0.3 is 0 Å². The Hall–Kier alpha value is -1.91. The number of carbonyl (C=O) groups is 2. The minimum Gasteiger partial charge on any atom is -0.483 e. The van der Waals surface area contributed by atoms with E-state index in [0.29, 0.717) is 0 Å². The van der Waals surface area contributed by atoms with Gasteiger partial charge in [0.05, 0.1) is 5.56 Å². The van der Waals surface area contributed by atoms with Crippen molar-refractivity contribution in [2.75, 3.05) is 6.61 Å². The number of ketones is 1. The number of nitrogens with zero attached hydrogens (tertiary/aromatic N) is 1. The molecule has 0 aromatic heterocycles. The van der Waals surface area contributed by atoms with Gasteiger partial charge in [-0.15, -0.1) is 0 Å². The number of ether oxygens (including phenoxy) is 1. The number of rotatable bonds is 6. The van der Waals surface area contributed by atoms with Crippen LogP contribution in [0.25, 0.3) is 0 Å². The summed E-state index contributed by atoms with van der Waals surface area (Å²) >= 11 is 0. The van der Waals surface area contributed by atoms with Gasteiger partial charge in [0.2, 0.25) is 0 Å². The van der Waals surface area contributed by atoms with Crippen molar-refractivity contribution < 1.29 is 18.7 Å². The molecule has 0 saturated heterocycles. The van der Waals surface area contributed by atoms with Crippen molar-refractivity contribution in [2.24, 2.45) is 0 Å². The SMILES string of the molecule is CC(=O)c1cc(F)ccc1OCC(=O)N(C(C)C)C(C)C. The van der Waals surface area contributed by atoms with Crippen LogP contribution in [0.4, 0.5) is 4.39 Å². The smallest absolute Gasteiger partial charge is 0.260 e. The number of benzene rings is 1. The van der Waals surface area contributed by atoms with E-state index in [2.05, 4.69) is 0 Å². The van der Waals surface area contributed by atoms with Crippen LogP contribution >= 0.6 is 0 Å². The molecule has 0 fully saturated rings. The van der Waals surface area contributed by atoms with E-state index in [0.717, 1.165) is 6.07 Å². The minimum atomic E-state index is -0.509. The van der Waals surface area contributed by atoms with E-state index in [1.165, 1.54) is 19.1 Å². The summed E-state index contributed by atoms with van der Waals surface area (Å²) in [4.78, 5) is 25.4. The second-order valence-corrected chi connectivity index (χ2v) is 5.47. The summed E-state index contributed by atoms with van der Waals surface area (Å²) in [5.41, 5.74) is 0.142. The van der Waals surface area contributed by atoms with Crippen LogP contribution in [0.1, 0.15) is 45.0 Å². The zero-order valence-corrected chi connectivity index (χ0v) is 13.1. The largest absolute Gasteiger partial charge is 0.483 e. The third-order valence-electron chi connectivity index (χ3n) is 3.07. The lowest BCUT2D eigenvalue weighted by molar-refractivity contribution is -0.137. The summed E-state index contributed by atoms with van der Waals surface area (Å²) in [6.45, 7) is 8.86. The average molecular weight is 295 g/mol. The van der Waals surface area contributed by atoms with Crippen LogP contribution in [0.2, 0.25) is 0 Å². The predicted octanol–water partition coefficient (Wildman–Crippen LogP) is 3.05. The third-order valence-corrected chi connectivity index (χ3v) is 3.07. The average Bonchev–Trinajstić information content (AvgIpc) is 2.36. The first kappa shape index (κ1) is 17.1. The molecule has 21 heavy (non-hydrogen) atoms. The maximum Gasteiger partial charge on any atom is 0.260 e. The monoisotopic (exact) mass is 295 g/mol. The highest BCUT2D eigenvalue weighted by Gasteiger charge is 2.21. The fraction of sp³-hybridized carbons (Fsp3) is 0.500. The fourth-order valence-electron chi connectivity index (χ4n) is 2.29. The summed E-state index contributed by atoms with van der Waals surface area (Å²) in [5, 5.41) is 0. The number of hydrogen-bond donors (Lipinski definition) is 0. The summed E-state index contributed by atoms with van der Waals surface area (Å²) < 4.78 is 18.6. The molecule has 0 aliphatic heterocycles. The Morgan fingerprint density at radius 3 is 2.24 bits per heavy atom. The summed E-state index contributed by atoms with van der Waals surface area (Å²) in [7, 11) is 0. The Balaban J connectivity index is 2.84. The van der Waals surface area contributed by atoms with Gasteiger partial charge in [0, 0.05) is 12.1 Å². The first-order valence-corrected chi connectivity index (χ1v) is 6.98. The maximum atomic E-state index is 13.2. The van der Waals surface area contributed by atoms with Crippen LogP contribution in [-0.2, 0) is 4.79 Å². The molecule has 0 bridgehead atoms. The number of halogens is 1. The molecule has 0 radical (unpaired) electrons. The molecular weight excluding hydrogens is 273 g/mol. The molecule has 1 aromatic carbocycles. The number of amides is 1. The van der Waals surface area contributed by atoms with Gasteiger partial charge in [0.25, 0.3) is 5.91 Å². The van der Waals surface area contributed by atoms with Crippen molar-refractivity contribution >= 4 is 11.7 Å². The van der Waals surface area contributed by atoms with Gasteiger partial charge in [-0.05, 0) is 52.8 Å².